The number of hydrogen-bond donors (Lipinski definition) is 0. The van der Waals surface area contributed by atoms with Crippen molar-refractivity contribution in [2.45, 2.75) is 25.2 Å². The zero-order valence-corrected chi connectivity index (χ0v) is 10.3. The van der Waals surface area contributed by atoms with Crippen molar-refractivity contribution in [1.82, 2.24) is 0 Å². The van der Waals surface area contributed by atoms with E-state index >= 15 is 0 Å². The molecule has 0 fully saturated rings. The van der Waals surface area contributed by atoms with Crippen LogP contribution in [0.25, 0.3) is 0 Å². The summed E-state index contributed by atoms with van der Waals surface area (Å²) in [5, 5.41) is 0. The molecular formula is C12H16O3S. The van der Waals surface area contributed by atoms with Crippen LogP contribution in [-0.4, -0.2) is 15.0 Å². The molecule has 0 spiro atoms. The molecule has 0 bridgehead atoms. The molecule has 0 amide bonds. The minimum Gasteiger partial charge on any atom is -0.262 e. The van der Waals surface area contributed by atoms with Gasteiger partial charge in [-0.25, -0.2) is 0 Å². The van der Waals surface area contributed by atoms with Gasteiger partial charge in [0.1, 0.15) is 0 Å². The topological polar surface area (TPSA) is 43.4 Å². The van der Waals surface area contributed by atoms with Crippen LogP contribution in [0.5, 0.6) is 0 Å². The summed E-state index contributed by atoms with van der Waals surface area (Å²) in [6, 6.07) is 6.60. The normalized spacial score (nSPS) is 12.1. The standard InChI is InChI=1S/C12H16O3S/c1-3-4-5-10-15-16(13,14)12-8-6-11(2)7-9-12/h4-9H,3,10H2,1-2H3. The zero-order valence-electron chi connectivity index (χ0n) is 9.51. The van der Waals surface area contributed by atoms with Crippen molar-refractivity contribution in [1.29, 1.82) is 0 Å². The molecule has 1 aromatic carbocycles. The molecule has 0 unspecified atom stereocenters. The first kappa shape index (κ1) is 12.9. The number of benzene rings is 1. The van der Waals surface area contributed by atoms with Crippen LogP contribution in [0.3, 0.4) is 0 Å². The largest absolute Gasteiger partial charge is 0.297 e. The molecule has 3 nitrogen and oxygen atoms in total. The van der Waals surface area contributed by atoms with Gasteiger partial charge in [0.2, 0.25) is 0 Å². The van der Waals surface area contributed by atoms with Gasteiger partial charge in [-0.15, -0.1) is 0 Å². The number of allylic oxidation sites excluding steroid dienone is 1. The van der Waals surface area contributed by atoms with Gasteiger partial charge in [0.05, 0.1) is 11.5 Å². The van der Waals surface area contributed by atoms with E-state index in [1.54, 1.807) is 30.3 Å². The van der Waals surface area contributed by atoms with Crippen LogP contribution in [0.15, 0.2) is 41.3 Å². The summed E-state index contributed by atoms with van der Waals surface area (Å²) in [6.07, 6.45) is 4.43. The van der Waals surface area contributed by atoms with Crippen LogP contribution in [0, 0.1) is 6.92 Å². The van der Waals surface area contributed by atoms with E-state index in [1.165, 1.54) is 0 Å². The van der Waals surface area contributed by atoms with Crippen molar-refractivity contribution in [2.24, 2.45) is 0 Å². The fourth-order valence-corrected chi connectivity index (χ4v) is 2.00. The summed E-state index contributed by atoms with van der Waals surface area (Å²) >= 11 is 0. The lowest BCUT2D eigenvalue weighted by molar-refractivity contribution is 0.357. The van der Waals surface area contributed by atoms with Crippen molar-refractivity contribution in [3.8, 4) is 0 Å². The highest BCUT2D eigenvalue weighted by molar-refractivity contribution is 7.86. The average molecular weight is 240 g/mol. The minimum atomic E-state index is -3.61. The summed E-state index contributed by atoms with van der Waals surface area (Å²) < 4.78 is 28.1. The van der Waals surface area contributed by atoms with Gasteiger partial charge in [-0.1, -0.05) is 36.8 Å². The Morgan fingerprint density at radius 1 is 1.19 bits per heavy atom. The molecule has 0 aromatic heterocycles. The predicted molar refractivity (Wildman–Crippen MR) is 63.7 cm³/mol. The number of hydrogen-bond acceptors (Lipinski definition) is 3. The van der Waals surface area contributed by atoms with Crippen LogP contribution in [0.2, 0.25) is 0 Å². The van der Waals surface area contributed by atoms with E-state index in [9.17, 15) is 8.42 Å². The second-order valence-corrected chi connectivity index (χ2v) is 5.05. The highest BCUT2D eigenvalue weighted by Crippen LogP contribution is 2.12. The van der Waals surface area contributed by atoms with Crippen LogP contribution >= 0.6 is 0 Å². The summed E-state index contributed by atoms with van der Waals surface area (Å²) in [5.74, 6) is 0. The van der Waals surface area contributed by atoms with Crippen molar-refractivity contribution in [3.63, 3.8) is 0 Å². The first-order valence-corrected chi connectivity index (χ1v) is 6.58. The minimum absolute atomic E-state index is 0.0874. The highest BCUT2D eigenvalue weighted by atomic mass is 32.2. The van der Waals surface area contributed by atoms with Crippen LogP contribution in [0.1, 0.15) is 18.9 Å². The van der Waals surface area contributed by atoms with Crippen LogP contribution in [-0.2, 0) is 14.3 Å². The zero-order chi connectivity index (χ0) is 12.0. The summed E-state index contributed by atoms with van der Waals surface area (Å²) in [5.41, 5.74) is 1.02. The molecule has 16 heavy (non-hydrogen) atoms. The molecule has 0 N–H and O–H groups in total. The molecule has 0 aliphatic heterocycles. The first-order valence-electron chi connectivity index (χ1n) is 5.17. The van der Waals surface area contributed by atoms with Crippen LogP contribution < -0.4 is 0 Å². The molecule has 0 saturated carbocycles. The molecule has 0 aliphatic rings. The molecule has 88 valence electrons. The summed E-state index contributed by atoms with van der Waals surface area (Å²) in [7, 11) is -3.61. The van der Waals surface area contributed by atoms with Crippen molar-refractivity contribution >= 4 is 10.1 Å². The van der Waals surface area contributed by atoms with Gasteiger partial charge < -0.3 is 0 Å². The Kier molecular flexibility index (Phi) is 4.71. The van der Waals surface area contributed by atoms with Gasteiger partial charge >= 0.3 is 0 Å². The van der Waals surface area contributed by atoms with Crippen molar-refractivity contribution in [3.05, 3.63) is 42.0 Å². The van der Waals surface area contributed by atoms with E-state index in [1.807, 2.05) is 19.9 Å². The van der Waals surface area contributed by atoms with E-state index in [0.29, 0.717) is 0 Å². The Morgan fingerprint density at radius 3 is 2.38 bits per heavy atom. The maximum absolute atomic E-state index is 11.7. The molecule has 0 saturated heterocycles. The van der Waals surface area contributed by atoms with Gasteiger partial charge in [0.25, 0.3) is 10.1 Å². The Balaban J connectivity index is 2.71. The summed E-state index contributed by atoms with van der Waals surface area (Å²) in [6.45, 7) is 3.97. The van der Waals surface area contributed by atoms with E-state index in [0.717, 1.165) is 12.0 Å². The number of aryl methyl sites for hydroxylation is 1. The lowest BCUT2D eigenvalue weighted by Crippen LogP contribution is -2.06. The third-order valence-electron chi connectivity index (χ3n) is 2.03. The molecule has 4 heteroatoms. The smallest absolute Gasteiger partial charge is 0.262 e. The van der Waals surface area contributed by atoms with Crippen molar-refractivity contribution in [2.75, 3.05) is 6.61 Å². The molecule has 0 radical (unpaired) electrons. The fraction of sp³-hybridized carbons (Fsp3) is 0.333. The first-order chi connectivity index (χ1) is 7.56. The molecule has 0 aliphatic carbocycles. The maximum Gasteiger partial charge on any atom is 0.297 e. The van der Waals surface area contributed by atoms with Gasteiger partial charge in [-0.05, 0) is 25.5 Å². The van der Waals surface area contributed by atoms with E-state index in [2.05, 4.69) is 0 Å². The SMILES string of the molecule is CCC=CCOS(=O)(=O)c1ccc(C)cc1. The monoisotopic (exact) mass is 240 g/mol. The lowest BCUT2D eigenvalue weighted by Gasteiger charge is -2.03. The second-order valence-electron chi connectivity index (χ2n) is 3.43. The van der Waals surface area contributed by atoms with Crippen LogP contribution in [0.4, 0.5) is 0 Å². The highest BCUT2D eigenvalue weighted by Gasteiger charge is 2.13. The number of rotatable bonds is 5. The second kappa shape index (κ2) is 5.82. The van der Waals surface area contributed by atoms with Gasteiger partial charge in [-0.3, -0.25) is 4.18 Å². The lowest BCUT2D eigenvalue weighted by atomic mass is 10.2. The molecule has 1 rings (SSSR count). The fourth-order valence-electron chi connectivity index (χ4n) is 1.14. The van der Waals surface area contributed by atoms with E-state index in [-0.39, 0.29) is 11.5 Å². The van der Waals surface area contributed by atoms with Gasteiger partial charge in [0.15, 0.2) is 0 Å². The predicted octanol–water partition coefficient (Wildman–Crippen LogP) is 2.67. The Labute approximate surface area is 96.9 Å². The Hall–Kier alpha value is -1.13. The Morgan fingerprint density at radius 2 is 1.81 bits per heavy atom. The molecule has 0 atom stereocenters. The van der Waals surface area contributed by atoms with E-state index in [4.69, 9.17) is 4.18 Å². The van der Waals surface area contributed by atoms with E-state index < -0.39 is 10.1 Å². The summed E-state index contributed by atoms with van der Waals surface area (Å²) in [4.78, 5) is 0.197. The van der Waals surface area contributed by atoms with Gasteiger partial charge in [0, 0.05) is 0 Å². The molecular weight excluding hydrogens is 224 g/mol. The average Bonchev–Trinajstić information content (AvgIpc) is 2.25. The maximum atomic E-state index is 11.7. The molecule has 0 heterocycles. The van der Waals surface area contributed by atoms with Gasteiger partial charge in [-0.2, -0.15) is 8.42 Å². The molecule has 1 aromatic rings. The quantitative estimate of drug-likeness (QED) is 0.587. The third kappa shape index (κ3) is 3.79. The Bertz CT molecular complexity index is 444. The van der Waals surface area contributed by atoms with Crippen molar-refractivity contribution < 1.29 is 12.6 Å². The third-order valence-corrected chi connectivity index (χ3v) is 3.33.